The SMILES string of the molecule is [2H]C([2H])(Oc1cc(-c2cc(C(N)=O)ccc2Cl)cnc1N(C)C(=O)c1c(F)cccc1Cl)C1CCC1. The van der Waals surface area contributed by atoms with Crippen molar-refractivity contribution in [2.75, 3.05) is 18.5 Å². The van der Waals surface area contributed by atoms with E-state index in [2.05, 4.69) is 4.98 Å². The highest BCUT2D eigenvalue weighted by Gasteiger charge is 2.26. The minimum Gasteiger partial charge on any atom is -0.489 e. The molecular weight excluding hydrogens is 480 g/mol. The maximum Gasteiger partial charge on any atom is 0.263 e. The molecule has 0 spiro atoms. The monoisotopic (exact) mass is 503 g/mol. The van der Waals surface area contributed by atoms with Gasteiger partial charge in [-0.2, -0.15) is 0 Å². The number of amides is 2. The van der Waals surface area contributed by atoms with Gasteiger partial charge in [0.2, 0.25) is 5.91 Å². The van der Waals surface area contributed by atoms with Crippen LogP contribution in [0.1, 0.15) is 42.7 Å². The van der Waals surface area contributed by atoms with E-state index in [9.17, 15) is 14.0 Å². The van der Waals surface area contributed by atoms with Crippen LogP contribution in [0.25, 0.3) is 11.1 Å². The molecule has 0 unspecified atom stereocenters. The number of nitrogens with zero attached hydrogens (tertiary/aromatic N) is 2. The number of primary amides is 1. The van der Waals surface area contributed by atoms with Crippen molar-refractivity contribution >= 4 is 40.8 Å². The van der Waals surface area contributed by atoms with Crippen LogP contribution in [-0.4, -0.2) is 30.4 Å². The summed E-state index contributed by atoms with van der Waals surface area (Å²) in [6.45, 7) is -2.05. The molecule has 0 atom stereocenters. The molecule has 2 aromatic carbocycles. The van der Waals surface area contributed by atoms with Gasteiger partial charge >= 0.3 is 0 Å². The van der Waals surface area contributed by atoms with Crippen LogP contribution in [0.3, 0.4) is 0 Å². The Morgan fingerprint density at radius 3 is 2.65 bits per heavy atom. The predicted octanol–water partition coefficient (Wildman–Crippen LogP) is 5.75. The van der Waals surface area contributed by atoms with Crippen LogP contribution in [0.2, 0.25) is 10.0 Å². The van der Waals surface area contributed by atoms with Gasteiger partial charge in [0.1, 0.15) is 5.82 Å². The fourth-order valence-electron chi connectivity index (χ4n) is 3.45. The third kappa shape index (κ3) is 4.86. The number of aromatic nitrogens is 1. The summed E-state index contributed by atoms with van der Waals surface area (Å²) in [6, 6.07) is 9.83. The molecule has 3 aromatic rings. The van der Waals surface area contributed by atoms with E-state index in [0.717, 1.165) is 17.4 Å². The zero-order chi connectivity index (χ0) is 26.2. The molecule has 6 nitrogen and oxygen atoms in total. The Bertz CT molecular complexity index is 1330. The molecule has 1 aliphatic carbocycles. The fraction of sp³-hybridized carbons (Fsp3) is 0.240. The second-order valence-electron chi connectivity index (χ2n) is 7.91. The zero-order valence-electron chi connectivity index (χ0n) is 20.1. The Morgan fingerprint density at radius 2 is 2.00 bits per heavy atom. The highest BCUT2D eigenvalue weighted by molar-refractivity contribution is 6.34. The van der Waals surface area contributed by atoms with Crippen LogP contribution in [0, 0.1) is 11.7 Å². The highest BCUT2D eigenvalue weighted by Crippen LogP contribution is 2.36. The van der Waals surface area contributed by atoms with Crippen molar-refractivity contribution < 1.29 is 21.5 Å². The maximum absolute atomic E-state index is 14.4. The number of nitrogens with two attached hydrogens (primary N) is 1. The summed E-state index contributed by atoms with van der Waals surface area (Å²) in [5.41, 5.74) is 6.07. The van der Waals surface area contributed by atoms with Gasteiger partial charge in [0.15, 0.2) is 11.6 Å². The van der Waals surface area contributed by atoms with Crippen LogP contribution in [0.15, 0.2) is 48.7 Å². The van der Waals surface area contributed by atoms with E-state index in [1.165, 1.54) is 49.6 Å². The molecule has 2 amide bonds. The lowest BCUT2D eigenvalue weighted by Crippen LogP contribution is -2.29. The Hall–Kier alpha value is -3.16. The number of benzene rings is 2. The number of ether oxygens (including phenoxy) is 1. The Kier molecular flexibility index (Phi) is 6.28. The average Bonchev–Trinajstić information content (AvgIpc) is 2.76. The third-order valence-corrected chi connectivity index (χ3v) is 6.28. The van der Waals surface area contributed by atoms with Gasteiger partial charge < -0.3 is 10.5 Å². The molecule has 34 heavy (non-hydrogen) atoms. The number of anilines is 1. The molecule has 0 saturated heterocycles. The molecule has 1 heterocycles. The third-order valence-electron chi connectivity index (χ3n) is 5.63. The Labute approximate surface area is 209 Å². The molecule has 0 bridgehead atoms. The normalized spacial score (nSPS) is 14.6. The van der Waals surface area contributed by atoms with Crippen molar-refractivity contribution in [3.05, 3.63) is 75.7 Å². The van der Waals surface area contributed by atoms with E-state index in [-0.39, 0.29) is 33.6 Å². The van der Waals surface area contributed by atoms with Gasteiger partial charge in [-0.15, -0.1) is 0 Å². The molecular formula is C25H22Cl2FN3O3. The zero-order valence-corrected chi connectivity index (χ0v) is 19.7. The van der Waals surface area contributed by atoms with Gasteiger partial charge in [0.05, 0.1) is 19.9 Å². The number of carbonyl (C=O) groups is 2. The highest BCUT2D eigenvalue weighted by atomic mass is 35.5. The van der Waals surface area contributed by atoms with E-state index in [1.807, 2.05) is 0 Å². The van der Waals surface area contributed by atoms with Gasteiger partial charge in [-0.25, -0.2) is 9.37 Å². The molecule has 1 fully saturated rings. The van der Waals surface area contributed by atoms with Gasteiger partial charge in [-0.3, -0.25) is 14.5 Å². The molecule has 1 aromatic heterocycles. The first-order valence-electron chi connectivity index (χ1n) is 11.5. The number of pyridine rings is 1. The van der Waals surface area contributed by atoms with Crippen LogP contribution in [0.5, 0.6) is 5.75 Å². The lowest BCUT2D eigenvalue weighted by Gasteiger charge is -2.27. The van der Waals surface area contributed by atoms with Crippen molar-refractivity contribution in [1.82, 2.24) is 4.98 Å². The van der Waals surface area contributed by atoms with Crippen LogP contribution < -0.4 is 15.4 Å². The standard InChI is InChI=1S/C25H22Cl2FN3O3/c1-31(25(33)22-19(27)6-3-7-20(22)28)24-21(34-13-14-4-2-5-14)11-16(12-30-24)17-10-15(23(29)32)8-9-18(17)26/h3,6-12,14H,2,4-5,13H2,1H3,(H2,29,32)/i13D2. The minimum absolute atomic E-state index is 0.0477. The van der Waals surface area contributed by atoms with Gasteiger partial charge in [0, 0.05) is 35.0 Å². The van der Waals surface area contributed by atoms with Crippen molar-refractivity contribution in [1.29, 1.82) is 0 Å². The molecule has 9 heteroatoms. The van der Waals surface area contributed by atoms with Gasteiger partial charge in [0.25, 0.3) is 5.91 Å². The molecule has 1 aliphatic rings. The first kappa shape index (κ1) is 21.4. The number of hydrogen-bond acceptors (Lipinski definition) is 4. The first-order chi connectivity index (χ1) is 17.0. The lowest BCUT2D eigenvalue weighted by molar-refractivity contribution is 0.0983. The summed E-state index contributed by atoms with van der Waals surface area (Å²) in [7, 11) is 1.36. The van der Waals surface area contributed by atoms with Crippen molar-refractivity contribution in [3.63, 3.8) is 0 Å². The molecule has 176 valence electrons. The van der Waals surface area contributed by atoms with E-state index in [1.54, 1.807) is 0 Å². The molecule has 2 N–H and O–H groups in total. The smallest absolute Gasteiger partial charge is 0.263 e. The van der Waals surface area contributed by atoms with Crippen molar-refractivity contribution in [2.45, 2.75) is 19.3 Å². The van der Waals surface area contributed by atoms with Crippen molar-refractivity contribution in [3.8, 4) is 16.9 Å². The molecule has 4 rings (SSSR count). The maximum atomic E-state index is 14.4. The minimum atomic E-state index is -2.05. The second kappa shape index (κ2) is 9.99. The Balaban J connectivity index is 1.81. The van der Waals surface area contributed by atoms with Crippen LogP contribution in [-0.2, 0) is 0 Å². The molecule has 0 radical (unpaired) electrons. The van der Waals surface area contributed by atoms with Gasteiger partial charge in [-0.05, 0) is 55.2 Å². The van der Waals surface area contributed by atoms with E-state index in [0.29, 0.717) is 29.0 Å². The van der Waals surface area contributed by atoms with Crippen LogP contribution in [0.4, 0.5) is 10.2 Å². The number of rotatable bonds is 7. The van der Waals surface area contributed by atoms with E-state index in [4.69, 9.17) is 36.4 Å². The number of hydrogen-bond donors (Lipinski definition) is 1. The van der Waals surface area contributed by atoms with Gasteiger partial charge in [-0.1, -0.05) is 35.7 Å². The quantitative estimate of drug-likeness (QED) is 0.444. The average molecular weight is 504 g/mol. The summed E-state index contributed by atoms with van der Waals surface area (Å²) in [4.78, 5) is 30.2. The largest absolute Gasteiger partial charge is 0.489 e. The summed E-state index contributed by atoms with van der Waals surface area (Å²) in [5, 5.41) is 0.218. The molecule has 1 saturated carbocycles. The van der Waals surface area contributed by atoms with Crippen molar-refractivity contribution in [2.24, 2.45) is 11.7 Å². The van der Waals surface area contributed by atoms with E-state index >= 15 is 0 Å². The molecule has 0 aliphatic heterocycles. The topological polar surface area (TPSA) is 85.5 Å². The summed E-state index contributed by atoms with van der Waals surface area (Å²) in [5.74, 6) is -2.69. The summed E-state index contributed by atoms with van der Waals surface area (Å²) < 4.78 is 37.1. The second-order valence-corrected chi connectivity index (χ2v) is 8.73. The number of carbonyl (C=O) groups excluding carboxylic acids is 2. The summed E-state index contributed by atoms with van der Waals surface area (Å²) >= 11 is 12.4. The Morgan fingerprint density at radius 1 is 1.24 bits per heavy atom. The summed E-state index contributed by atoms with van der Waals surface area (Å²) in [6.07, 6.45) is 3.58. The fourth-order valence-corrected chi connectivity index (χ4v) is 3.92. The number of halogens is 3. The lowest BCUT2D eigenvalue weighted by atomic mass is 9.86. The van der Waals surface area contributed by atoms with E-state index < -0.39 is 24.2 Å². The predicted molar refractivity (Wildman–Crippen MR) is 130 cm³/mol. The van der Waals surface area contributed by atoms with Crippen LogP contribution >= 0.6 is 23.2 Å². The first-order valence-corrected chi connectivity index (χ1v) is 11.3.